The number of nitrogens with zero attached hydrogens (tertiary/aromatic N) is 2. The number of nitrogens with one attached hydrogen (secondary N) is 1. The van der Waals surface area contributed by atoms with E-state index in [0.29, 0.717) is 0 Å². The maximum absolute atomic E-state index is 11.8. The minimum absolute atomic E-state index is 0.0678. The number of carbonyl (C=O) groups is 3. The van der Waals surface area contributed by atoms with Crippen molar-refractivity contribution < 1.29 is 24.2 Å². The molecule has 0 spiro atoms. The molecule has 0 bridgehead atoms. The smallest absolute Gasteiger partial charge is 0.326 e. The zero-order chi connectivity index (χ0) is 15.8. The number of hydrogen-bond donors (Lipinski definition) is 2. The zero-order valence-electron chi connectivity index (χ0n) is 11.2. The monoisotopic (exact) mass is 315 g/mol. The van der Waals surface area contributed by atoms with Crippen LogP contribution in [-0.4, -0.2) is 45.8 Å². The van der Waals surface area contributed by atoms with Crippen molar-refractivity contribution in [2.24, 2.45) is 0 Å². The van der Waals surface area contributed by atoms with Crippen LogP contribution in [0.2, 0.25) is 5.15 Å². The Labute approximate surface area is 125 Å². The van der Waals surface area contributed by atoms with E-state index < -0.39 is 23.9 Å². The Bertz CT molecular complexity index is 520. The number of esters is 1. The van der Waals surface area contributed by atoms with Gasteiger partial charge in [0.1, 0.15) is 6.04 Å². The zero-order valence-corrected chi connectivity index (χ0v) is 12.0. The van der Waals surface area contributed by atoms with Crippen LogP contribution < -0.4 is 5.32 Å². The molecule has 114 valence electrons. The van der Waals surface area contributed by atoms with Crippen LogP contribution in [0, 0.1) is 0 Å². The Hall–Kier alpha value is -2.22. The first kappa shape index (κ1) is 16.8. The maximum Gasteiger partial charge on any atom is 0.326 e. The summed E-state index contributed by atoms with van der Waals surface area (Å²) in [5.41, 5.74) is -0.0678. The highest BCUT2D eigenvalue weighted by Gasteiger charge is 2.22. The van der Waals surface area contributed by atoms with Crippen molar-refractivity contribution >= 4 is 29.4 Å². The summed E-state index contributed by atoms with van der Waals surface area (Å²) in [6, 6.07) is 1.45. The van der Waals surface area contributed by atoms with Crippen LogP contribution >= 0.6 is 11.6 Å². The predicted octanol–water partition coefficient (Wildman–Crippen LogP) is 0.656. The quantitative estimate of drug-likeness (QED) is 0.709. The van der Waals surface area contributed by atoms with Gasteiger partial charge in [-0.1, -0.05) is 11.6 Å². The molecule has 0 aromatic carbocycles. The maximum atomic E-state index is 11.8. The van der Waals surface area contributed by atoms with Gasteiger partial charge >= 0.3 is 11.9 Å². The van der Waals surface area contributed by atoms with Crippen molar-refractivity contribution in [3.05, 3.63) is 23.0 Å². The second-order valence-electron chi connectivity index (χ2n) is 3.95. The molecule has 0 saturated heterocycles. The van der Waals surface area contributed by atoms with Crippen molar-refractivity contribution in [1.82, 2.24) is 15.5 Å². The van der Waals surface area contributed by atoms with E-state index in [9.17, 15) is 14.4 Å². The standard InChI is InChI=1S/C12H14ClN3O5/c1-2-21-10(17)6-4-8(12(19)20)14-11(18)7-3-5-9(13)16-15-7/h3,5,8H,2,4,6H2,1H3,(H,14,18)(H,19,20)/t8-/m0/s1. The lowest BCUT2D eigenvalue weighted by atomic mass is 10.1. The molecule has 21 heavy (non-hydrogen) atoms. The first-order valence-corrected chi connectivity index (χ1v) is 6.50. The van der Waals surface area contributed by atoms with Gasteiger partial charge in [-0.15, -0.1) is 10.2 Å². The van der Waals surface area contributed by atoms with Crippen LogP contribution in [0.4, 0.5) is 0 Å². The van der Waals surface area contributed by atoms with Crippen molar-refractivity contribution in [3.8, 4) is 0 Å². The topological polar surface area (TPSA) is 118 Å². The molecule has 0 aliphatic carbocycles. The van der Waals surface area contributed by atoms with Gasteiger partial charge < -0.3 is 15.2 Å². The van der Waals surface area contributed by atoms with Gasteiger partial charge in [-0.2, -0.15) is 0 Å². The van der Waals surface area contributed by atoms with Gasteiger partial charge in [-0.25, -0.2) is 4.79 Å². The highest BCUT2D eigenvalue weighted by Crippen LogP contribution is 2.04. The fraction of sp³-hybridized carbons (Fsp3) is 0.417. The Morgan fingerprint density at radius 1 is 1.38 bits per heavy atom. The van der Waals surface area contributed by atoms with Crippen molar-refractivity contribution in [2.45, 2.75) is 25.8 Å². The molecule has 1 rings (SSSR count). The molecule has 1 heterocycles. The van der Waals surface area contributed by atoms with E-state index in [1.54, 1.807) is 6.92 Å². The summed E-state index contributed by atoms with van der Waals surface area (Å²) in [5.74, 6) is -2.49. The summed E-state index contributed by atoms with van der Waals surface area (Å²) in [6.07, 6.45) is -0.196. The fourth-order valence-corrected chi connectivity index (χ4v) is 1.52. The summed E-state index contributed by atoms with van der Waals surface area (Å²) in [7, 11) is 0. The second-order valence-corrected chi connectivity index (χ2v) is 4.34. The summed E-state index contributed by atoms with van der Waals surface area (Å²) in [5, 5.41) is 18.4. The number of carboxylic acids is 1. The van der Waals surface area contributed by atoms with Crippen LogP contribution in [0.3, 0.4) is 0 Å². The Balaban J connectivity index is 2.61. The van der Waals surface area contributed by atoms with Gasteiger partial charge in [0.2, 0.25) is 0 Å². The van der Waals surface area contributed by atoms with E-state index in [-0.39, 0.29) is 30.3 Å². The molecular weight excluding hydrogens is 302 g/mol. The van der Waals surface area contributed by atoms with E-state index in [1.165, 1.54) is 12.1 Å². The van der Waals surface area contributed by atoms with Crippen LogP contribution in [0.1, 0.15) is 30.3 Å². The molecule has 1 amide bonds. The van der Waals surface area contributed by atoms with E-state index in [4.69, 9.17) is 21.4 Å². The number of carbonyl (C=O) groups excluding carboxylic acids is 2. The van der Waals surface area contributed by atoms with Crippen LogP contribution in [-0.2, 0) is 14.3 Å². The van der Waals surface area contributed by atoms with Crippen molar-refractivity contribution in [1.29, 1.82) is 0 Å². The molecule has 8 nitrogen and oxygen atoms in total. The molecule has 0 unspecified atom stereocenters. The average Bonchev–Trinajstić information content (AvgIpc) is 2.43. The summed E-state index contributed by atoms with van der Waals surface area (Å²) < 4.78 is 4.69. The van der Waals surface area contributed by atoms with Crippen LogP contribution in [0.25, 0.3) is 0 Å². The molecule has 0 aliphatic heterocycles. The molecule has 1 atom stereocenters. The van der Waals surface area contributed by atoms with Crippen LogP contribution in [0.5, 0.6) is 0 Å². The van der Waals surface area contributed by atoms with Crippen LogP contribution in [0.15, 0.2) is 12.1 Å². The summed E-state index contributed by atoms with van der Waals surface area (Å²) in [6.45, 7) is 1.86. The number of halogens is 1. The lowest BCUT2D eigenvalue weighted by Crippen LogP contribution is -2.41. The SMILES string of the molecule is CCOC(=O)CC[C@H](NC(=O)c1ccc(Cl)nn1)C(=O)O. The molecule has 1 aromatic heterocycles. The van der Waals surface area contributed by atoms with Crippen molar-refractivity contribution in [2.75, 3.05) is 6.61 Å². The number of aliphatic carboxylic acids is 1. The van der Waals surface area contributed by atoms with Gasteiger partial charge in [0.05, 0.1) is 6.61 Å². The summed E-state index contributed by atoms with van der Waals surface area (Å²) in [4.78, 5) is 34.1. The molecule has 0 radical (unpaired) electrons. The molecule has 9 heteroatoms. The lowest BCUT2D eigenvalue weighted by Gasteiger charge is -2.13. The van der Waals surface area contributed by atoms with Gasteiger partial charge in [0, 0.05) is 6.42 Å². The second kappa shape index (κ2) is 8.15. The largest absolute Gasteiger partial charge is 0.480 e. The number of ether oxygens (including phenoxy) is 1. The van der Waals surface area contributed by atoms with Gasteiger partial charge in [-0.3, -0.25) is 9.59 Å². The number of aromatic nitrogens is 2. The first-order chi connectivity index (χ1) is 9.93. The third kappa shape index (κ3) is 5.74. The highest BCUT2D eigenvalue weighted by atomic mass is 35.5. The molecule has 1 aromatic rings. The van der Waals surface area contributed by atoms with Gasteiger partial charge in [-0.05, 0) is 25.5 Å². The number of carboxylic acid groups (broad SMARTS) is 1. The molecule has 2 N–H and O–H groups in total. The van der Waals surface area contributed by atoms with E-state index in [1.807, 2.05) is 0 Å². The highest BCUT2D eigenvalue weighted by molar-refractivity contribution is 6.29. The number of amides is 1. The predicted molar refractivity (Wildman–Crippen MR) is 71.8 cm³/mol. The summed E-state index contributed by atoms with van der Waals surface area (Å²) >= 11 is 5.54. The third-order valence-electron chi connectivity index (χ3n) is 2.41. The van der Waals surface area contributed by atoms with Gasteiger partial charge in [0.15, 0.2) is 10.8 Å². The lowest BCUT2D eigenvalue weighted by molar-refractivity contribution is -0.144. The average molecular weight is 316 g/mol. The Morgan fingerprint density at radius 3 is 2.62 bits per heavy atom. The molecule has 0 saturated carbocycles. The Morgan fingerprint density at radius 2 is 2.10 bits per heavy atom. The third-order valence-corrected chi connectivity index (χ3v) is 2.61. The minimum atomic E-state index is -1.26. The van der Waals surface area contributed by atoms with E-state index in [0.717, 1.165) is 0 Å². The first-order valence-electron chi connectivity index (χ1n) is 6.12. The number of hydrogen-bond acceptors (Lipinski definition) is 6. The Kier molecular flexibility index (Phi) is 6.54. The van der Waals surface area contributed by atoms with Crippen molar-refractivity contribution in [3.63, 3.8) is 0 Å². The number of rotatable bonds is 7. The van der Waals surface area contributed by atoms with E-state index in [2.05, 4.69) is 15.5 Å². The molecule has 0 fully saturated rings. The molecular formula is C12H14ClN3O5. The normalized spacial score (nSPS) is 11.5. The minimum Gasteiger partial charge on any atom is -0.480 e. The van der Waals surface area contributed by atoms with E-state index >= 15 is 0 Å². The van der Waals surface area contributed by atoms with Gasteiger partial charge in [0.25, 0.3) is 5.91 Å². The molecule has 0 aliphatic rings. The fourth-order valence-electron chi connectivity index (χ4n) is 1.42.